The van der Waals surface area contributed by atoms with Gasteiger partial charge in [-0.25, -0.2) is 5.43 Å². The highest BCUT2D eigenvalue weighted by Gasteiger charge is 2.14. The van der Waals surface area contributed by atoms with E-state index in [4.69, 9.17) is 4.74 Å². The molecule has 0 aliphatic rings. The van der Waals surface area contributed by atoms with E-state index in [0.29, 0.717) is 18.0 Å². The number of rotatable bonds is 7. The maximum atomic E-state index is 11.9. The van der Waals surface area contributed by atoms with Gasteiger partial charge in [-0.15, -0.1) is 0 Å². The smallest absolute Gasteiger partial charge is 0.329 e. The van der Waals surface area contributed by atoms with Gasteiger partial charge in [-0.2, -0.15) is 5.10 Å². The molecule has 0 saturated carbocycles. The quantitative estimate of drug-likeness (QED) is 0.383. The van der Waals surface area contributed by atoms with Crippen molar-refractivity contribution in [3.05, 3.63) is 29.8 Å². The molecule has 0 atom stereocenters. The lowest BCUT2D eigenvalue weighted by atomic mass is 10.2. The zero-order chi connectivity index (χ0) is 18.8. The van der Waals surface area contributed by atoms with Crippen LogP contribution in [0.5, 0.6) is 5.75 Å². The second-order valence-corrected chi connectivity index (χ2v) is 5.68. The Hall–Kier alpha value is -2.90. The molecule has 0 bridgehead atoms. The van der Waals surface area contributed by atoms with Crippen molar-refractivity contribution in [1.82, 2.24) is 16.1 Å². The van der Waals surface area contributed by atoms with E-state index in [9.17, 15) is 14.4 Å². The van der Waals surface area contributed by atoms with Crippen molar-refractivity contribution in [2.75, 3.05) is 7.11 Å². The minimum Gasteiger partial charge on any atom is -0.496 e. The first-order chi connectivity index (χ1) is 11.8. The molecule has 25 heavy (non-hydrogen) atoms. The predicted octanol–water partition coefficient (Wildman–Crippen LogP) is 0.718. The average molecular weight is 348 g/mol. The summed E-state index contributed by atoms with van der Waals surface area (Å²) >= 11 is 0. The number of carbonyl (C=O) groups is 3. The van der Waals surface area contributed by atoms with Crippen molar-refractivity contribution < 1.29 is 19.1 Å². The van der Waals surface area contributed by atoms with Crippen molar-refractivity contribution >= 4 is 23.4 Å². The van der Waals surface area contributed by atoms with Crippen molar-refractivity contribution in [2.45, 2.75) is 39.8 Å². The summed E-state index contributed by atoms with van der Waals surface area (Å²) in [5.41, 5.74) is 3.35. The topological polar surface area (TPSA) is 109 Å². The molecule has 136 valence electrons. The Morgan fingerprint density at radius 3 is 2.48 bits per heavy atom. The van der Waals surface area contributed by atoms with E-state index in [2.05, 4.69) is 21.2 Å². The van der Waals surface area contributed by atoms with E-state index in [1.165, 1.54) is 0 Å². The van der Waals surface area contributed by atoms with E-state index in [-0.39, 0.29) is 18.4 Å². The number of methoxy groups -OCH3 is 1. The number of amides is 3. The van der Waals surface area contributed by atoms with Crippen molar-refractivity contribution in [3.63, 3.8) is 0 Å². The molecule has 0 aromatic heterocycles. The predicted molar refractivity (Wildman–Crippen MR) is 94.0 cm³/mol. The van der Waals surface area contributed by atoms with Crippen LogP contribution in [0, 0.1) is 0 Å². The number of hydrogen-bond acceptors (Lipinski definition) is 5. The zero-order valence-electron chi connectivity index (χ0n) is 14.9. The van der Waals surface area contributed by atoms with E-state index in [1.54, 1.807) is 27.9 Å². The molecule has 0 saturated heterocycles. The number of hydrogen-bond donors (Lipinski definition) is 3. The van der Waals surface area contributed by atoms with E-state index < -0.39 is 11.8 Å². The van der Waals surface area contributed by atoms with Crippen LogP contribution in [0.1, 0.15) is 32.8 Å². The zero-order valence-corrected chi connectivity index (χ0v) is 14.9. The first-order valence-electron chi connectivity index (χ1n) is 7.86. The third kappa shape index (κ3) is 7.47. The lowest BCUT2D eigenvalue weighted by Gasteiger charge is -2.09. The fraction of sp³-hybridized carbons (Fsp3) is 0.412. The maximum Gasteiger partial charge on any atom is 0.329 e. The van der Waals surface area contributed by atoms with Gasteiger partial charge in [0, 0.05) is 23.9 Å². The Balaban J connectivity index is 2.45. The van der Waals surface area contributed by atoms with Gasteiger partial charge < -0.3 is 15.4 Å². The van der Waals surface area contributed by atoms with E-state index >= 15 is 0 Å². The lowest BCUT2D eigenvalue weighted by Crippen LogP contribution is -2.41. The van der Waals surface area contributed by atoms with Crippen molar-refractivity contribution in [3.8, 4) is 5.75 Å². The fourth-order valence-corrected chi connectivity index (χ4v) is 1.90. The molecule has 0 heterocycles. The molecule has 1 aromatic rings. The molecule has 8 heteroatoms. The highest BCUT2D eigenvalue weighted by molar-refractivity contribution is 6.35. The molecule has 1 aromatic carbocycles. The summed E-state index contributed by atoms with van der Waals surface area (Å²) < 4.78 is 5.21. The third-order valence-corrected chi connectivity index (χ3v) is 3.06. The molecular formula is C17H24N4O4. The van der Waals surface area contributed by atoms with Gasteiger partial charge in [-0.05, 0) is 26.8 Å². The second-order valence-electron chi connectivity index (χ2n) is 5.68. The normalized spacial score (nSPS) is 11.0. The highest BCUT2D eigenvalue weighted by Crippen LogP contribution is 2.16. The molecule has 0 aliphatic carbocycles. The van der Waals surface area contributed by atoms with E-state index in [1.807, 2.05) is 24.3 Å². The number of hydrazone groups is 1. The van der Waals surface area contributed by atoms with Crippen LogP contribution in [0.25, 0.3) is 0 Å². The Kier molecular flexibility index (Phi) is 8.11. The summed E-state index contributed by atoms with van der Waals surface area (Å²) in [6.07, 6.45) is 0.00122. The minimum atomic E-state index is -0.873. The number of nitrogens with one attached hydrogen (secondary N) is 3. The fourth-order valence-electron chi connectivity index (χ4n) is 1.90. The summed E-state index contributed by atoms with van der Waals surface area (Å²) in [5, 5.41) is 8.95. The minimum absolute atomic E-state index is 0.00122. The Labute approximate surface area is 147 Å². The molecule has 0 spiro atoms. The van der Waals surface area contributed by atoms with Gasteiger partial charge in [0.1, 0.15) is 5.75 Å². The van der Waals surface area contributed by atoms with Gasteiger partial charge in [0.05, 0.1) is 13.5 Å². The monoisotopic (exact) mass is 348 g/mol. The number of benzene rings is 1. The van der Waals surface area contributed by atoms with Gasteiger partial charge in [0.2, 0.25) is 5.91 Å². The second kappa shape index (κ2) is 10.1. The molecule has 0 radical (unpaired) electrons. The highest BCUT2D eigenvalue weighted by atomic mass is 16.5. The van der Waals surface area contributed by atoms with Crippen LogP contribution < -0.4 is 20.8 Å². The van der Waals surface area contributed by atoms with Crippen LogP contribution in [-0.2, 0) is 20.9 Å². The Morgan fingerprint density at radius 2 is 1.84 bits per heavy atom. The molecule has 3 N–H and O–H groups in total. The van der Waals surface area contributed by atoms with Gasteiger partial charge in [-0.3, -0.25) is 14.4 Å². The van der Waals surface area contributed by atoms with Crippen LogP contribution in [0.15, 0.2) is 29.4 Å². The van der Waals surface area contributed by atoms with Crippen molar-refractivity contribution in [1.29, 1.82) is 0 Å². The number of para-hydroxylation sites is 1. The number of carbonyl (C=O) groups excluding carboxylic acids is 3. The molecule has 1 rings (SSSR count). The third-order valence-electron chi connectivity index (χ3n) is 3.06. The number of nitrogens with zero attached hydrogens (tertiary/aromatic N) is 1. The largest absolute Gasteiger partial charge is 0.496 e. The summed E-state index contributed by atoms with van der Waals surface area (Å²) in [6.45, 7) is 5.39. The Bertz CT molecular complexity index is 656. The summed E-state index contributed by atoms with van der Waals surface area (Å²) in [4.78, 5) is 34.9. The molecule has 0 unspecified atom stereocenters. The molecular weight excluding hydrogens is 324 g/mol. The molecule has 3 amide bonds. The van der Waals surface area contributed by atoms with Gasteiger partial charge >= 0.3 is 11.8 Å². The van der Waals surface area contributed by atoms with Crippen molar-refractivity contribution in [2.24, 2.45) is 5.10 Å². The molecule has 0 aliphatic heterocycles. The maximum absolute atomic E-state index is 11.9. The number of ether oxygens (including phenoxy) is 1. The van der Waals surface area contributed by atoms with Gasteiger partial charge in [-0.1, -0.05) is 18.2 Å². The summed E-state index contributed by atoms with van der Waals surface area (Å²) in [5.74, 6) is -1.21. The standard InChI is InChI=1S/C17H24N4O4/c1-11(2)19-16(23)17(24)21-20-12(3)9-15(22)18-10-13-7-5-6-8-14(13)25-4/h5-8,11H,9-10H2,1-4H3,(H,18,22)(H,19,23)(H,21,24)/b20-12+. The van der Waals surface area contributed by atoms with E-state index in [0.717, 1.165) is 5.56 Å². The van der Waals surface area contributed by atoms with Gasteiger partial charge in [0.25, 0.3) is 0 Å². The SMILES string of the molecule is COc1ccccc1CNC(=O)C/C(C)=N/NC(=O)C(=O)NC(C)C. The van der Waals surface area contributed by atoms with Gasteiger partial charge in [0.15, 0.2) is 0 Å². The summed E-state index contributed by atoms with van der Waals surface area (Å²) in [6, 6.07) is 7.22. The Morgan fingerprint density at radius 1 is 1.16 bits per heavy atom. The first kappa shape index (κ1) is 20.1. The van der Waals surface area contributed by atoms with Crippen LogP contribution in [0.2, 0.25) is 0 Å². The van der Waals surface area contributed by atoms with Crippen LogP contribution in [0.3, 0.4) is 0 Å². The molecule has 8 nitrogen and oxygen atoms in total. The van der Waals surface area contributed by atoms with Crippen LogP contribution in [0.4, 0.5) is 0 Å². The average Bonchev–Trinajstić information content (AvgIpc) is 2.57. The lowest BCUT2D eigenvalue weighted by molar-refractivity contribution is -0.139. The summed E-state index contributed by atoms with van der Waals surface area (Å²) in [7, 11) is 1.57. The van der Waals surface area contributed by atoms with Crippen LogP contribution >= 0.6 is 0 Å². The first-order valence-corrected chi connectivity index (χ1v) is 7.86. The van der Waals surface area contributed by atoms with Crippen LogP contribution in [-0.4, -0.2) is 36.6 Å². The molecule has 0 fully saturated rings.